The number of amides is 2. The van der Waals surface area contributed by atoms with Crippen molar-refractivity contribution < 1.29 is 9.59 Å². The molecule has 7 heteroatoms. The van der Waals surface area contributed by atoms with Gasteiger partial charge in [-0.15, -0.1) is 0 Å². The van der Waals surface area contributed by atoms with Crippen molar-refractivity contribution in [2.45, 2.75) is 39.2 Å². The van der Waals surface area contributed by atoms with Crippen molar-refractivity contribution in [2.75, 3.05) is 32.0 Å². The standard InChI is InChI=1S/C16H25N5O2/c1-4-6-7-13-15(23)20(3)8-9-21(13)14(22)12-10-18-16(17-5-2)19-11-12/h10-11,13H,4-9H2,1-3H3,(H,17,18,19). The van der Waals surface area contributed by atoms with Gasteiger partial charge in [0.05, 0.1) is 5.56 Å². The molecule has 1 saturated heterocycles. The lowest BCUT2D eigenvalue weighted by Crippen LogP contribution is -2.57. The molecule has 0 spiro atoms. The lowest BCUT2D eigenvalue weighted by Gasteiger charge is -2.39. The molecule has 0 aliphatic carbocycles. The highest BCUT2D eigenvalue weighted by Crippen LogP contribution is 2.19. The van der Waals surface area contributed by atoms with E-state index in [0.29, 0.717) is 31.0 Å². The summed E-state index contributed by atoms with van der Waals surface area (Å²) < 4.78 is 0. The number of unbranched alkanes of at least 4 members (excludes halogenated alkanes) is 1. The monoisotopic (exact) mass is 319 g/mol. The van der Waals surface area contributed by atoms with Gasteiger partial charge in [-0.25, -0.2) is 9.97 Å². The summed E-state index contributed by atoms with van der Waals surface area (Å²) in [5.41, 5.74) is 0.422. The molecule has 23 heavy (non-hydrogen) atoms. The SMILES string of the molecule is CCCCC1C(=O)N(C)CCN1C(=O)c1cnc(NCC)nc1. The molecule has 7 nitrogen and oxygen atoms in total. The van der Waals surface area contributed by atoms with Crippen LogP contribution >= 0.6 is 0 Å². The molecule has 1 unspecified atom stereocenters. The molecule has 1 N–H and O–H groups in total. The summed E-state index contributed by atoms with van der Waals surface area (Å²) in [6, 6.07) is -0.380. The summed E-state index contributed by atoms with van der Waals surface area (Å²) in [4.78, 5) is 36.8. The molecular weight excluding hydrogens is 294 g/mol. The van der Waals surface area contributed by atoms with Gasteiger partial charge in [0.1, 0.15) is 6.04 Å². The molecule has 0 aromatic carbocycles. The number of hydrogen-bond donors (Lipinski definition) is 1. The molecule has 0 radical (unpaired) electrons. The molecule has 0 saturated carbocycles. The van der Waals surface area contributed by atoms with Gasteiger partial charge in [0.2, 0.25) is 11.9 Å². The van der Waals surface area contributed by atoms with Crippen molar-refractivity contribution in [3.63, 3.8) is 0 Å². The van der Waals surface area contributed by atoms with Crippen LogP contribution in [0.4, 0.5) is 5.95 Å². The van der Waals surface area contributed by atoms with Gasteiger partial charge in [0, 0.05) is 39.1 Å². The average molecular weight is 319 g/mol. The molecule has 1 aromatic heterocycles. The zero-order valence-electron chi connectivity index (χ0n) is 14.1. The predicted molar refractivity (Wildman–Crippen MR) is 88.2 cm³/mol. The minimum Gasteiger partial charge on any atom is -0.355 e. The van der Waals surface area contributed by atoms with E-state index in [4.69, 9.17) is 0 Å². The predicted octanol–water partition coefficient (Wildman–Crippen LogP) is 1.38. The maximum atomic E-state index is 12.7. The normalized spacial score (nSPS) is 18.2. The fraction of sp³-hybridized carbons (Fsp3) is 0.625. The Morgan fingerprint density at radius 3 is 2.61 bits per heavy atom. The van der Waals surface area contributed by atoms with Crippen LogP contribution in [0.25, 0.3) is 0 Å². The second kappa shape index (κ2) is 7.89. The zero-order valence-corrected chi connectivity index (χ0v) is 14.1. The largest absolute Gasteiger partial charge is 0.355 e. The van der Waals surface area contributed by atoms with E-state index in [1.807, 2.05) is 6.92 Å². The number of nitrogens with one attached hydrogen (secondary N) is 1. The topological polar surface area (TPSA) is 78.4 Å². The number of hydrogen-bond acceptors (Lipinski definition) is 5. The Hall–Kier alpha value is -2.18. The van der Waals surface area contributed by atoms with Gasteiger partial charge in [-0.1, -0.05) is 19.8 Å². The van der Waals surface area contributed by atoms with Crippen LogP contribution in [0.15, 0.2) is 12.4 Å². The van der Waals surface area contributed by atoms with Crippen molar-refractivity contribution in [2.24, 2.45) is 0 Å². The fourth-order valence-corrected chi connectivity index (χ4v) is 2.69. The van der Waals surface area contributed by atoms with Crippen molar-refractivity contribution in [3.05, 3.63) is 18.0 Å². The lowest BCUT2D eigenvalue weighted by molar-refractivity contribution is -0.138. The van der Waals surface area contributed by atoms with Crippen molar-refractivity contribution in [1.82, 2.24) is 19.8 Å². The number of anilines is 1. The first-order valence-corrected chi connectivity index (χ1v) is 8.20. The summed E-state index contributed by atoms with van der Waals surface area (Å²) in [5, 5.41) is 2.99. The van der Waals surface area contributed by atoms with E-state index in [1.54, 1.807) is 16.8 Å². The van der Waals surface area contributed by atoms with Crippen LogP contribution in [0.2, 0.25) is 0 Å². The van der Waals surface area contributed by atoms with Crippen LogP contribution in [0.5, 0.6) is 0 Å². The Morgan fingerprint density at radius 1 is 1.30 bits per heavy atom. The molecular formula is C16H25N5O2. The first kappa shape index (κ1) is 17.2. The average Bonchev–Trinajstić information content (AvgIpc) is 2.56. The number of piperazine rings is 1. The quantitative estimate of drug-likeness (QED) is 0.857. The molecule has 126 valence electrons. The van der Waals surface area contributed by atoms with Gasteiger partial charge in [-0.3, -0.25) is 9.59 Å². The highest BCUT2D eigenvalue weighted by Gasteiger charge is 2.35. The first-order chi connectivity index (χ1) is 11.1. The van der Waals surface area contributed by atoms with E-state index in [-0.39, 0.29) is 17.9 Å². The molecule has 2 rings (SSSR count). The molecule has 1 aromatic rings. The van der Waals surface area contributed by atoms with E-state index in [9.17, 15) is 9.59 Å². The summed E-state index contributed by atoms with van der Waals surface area (Å²) in [6.45, 7) is 5.86. The van der Waals surface area contributed by atoms with Gasteiger partial charge in [-0.05, 0) is 13.3 Å². The van der Waals surface area contributed by atoms with Crippen LogP contribution in [0.3, 0.4) is 0 Å². The molecule has 2 amide bonds. The zero-order chi connectivity index (χ0) is 16.8. The Kier molecular flexibility index (Phi) is 5.90. The summed E-state index contributed by atoms with van der Waals surface area (Å²) in [6.07, 6.45) is 5.65. The third-order valence-electron chi connectivity index (χ3n) is 4.04. The maximum absolute atomic E-state index is 12.7. The molecule has 1 aliphatic heterocycles. The Bertz CT molecular complexity index is 546. The van der Waals surface area contributed by atoms with Crippen LogP contribution in [0.1, 0.15) is 43.5 Å². The Morgan fingerprint density at radius 2 is 2.00 bits per heavy atom. The van der Waals surface area contributed by atoms with Crippen molar-refractivity contribution in [1.29, 1.82) is 0 Å². The van der Waals surface area contributed by atoms with Crippen molar-refractivity contribution >= 4 is 17.8 Å². The highest BCUT2D eigenvalue weighted by molar-refractivity contribution is 5.97. The lowest BCUT2D eigenvalue weighted by atomic mass is 10.0. The third-order valence-corrected chi connectivity index (χ3v) is 4.04. The number of likely N-dealkylation sites (N-methyl/N-ethyl adjacent to an activating group) is 1. The Balaban J connectivity index is 2.15. The minimum atomic E-state index is -0.380. The number of carbonyl (C=O) groups excluding carboxylic acids is 2. The van der Waals surface area contributed by atoms with Crippen molar-refractivity contribution in [3.8, 4) is 0 Å². The van der Waals surface area contributed by atoms with E-state index in [2.05, 4.69) is 22.2 Å². The maximum Gasteiger partial charge on any atom is 0.257 e. The minimum absolute atomic E-state index is 0.0169. The van der Waals surface area contributed by atoms with Gasteiger partial charge in [0.25, 0.3) is 5.91 Å². The molecule has 0 bridgehead atoms. The third kappa shape index (κ3) is 3.97. The molecule has 1 fully saturated rings. The van der Waals surface area contributed by atoms with E-state index in [0.717, 1.165) is 19.4 Å². The van der Waals surface area contributed by atoms with Gasteiger partial charge < -0.3 is 15.1 Å². The molecule has 1 atom stereocenters. The van der Waals surface area contributed by atoms with Crippen LogP contribution in [-0.4, -0.2) is 64.3 Å². The molecule has 2 heterocycles. The number of nitrogens with zero attached hydrogens (tertiary/aromatic N) is 4. The van der Waals surface area contributed by atoms with Crippen LogP contribution in [0, 0.1) is 0 Å². The highest BCUT2D eigenvalue weighted by atomic mass is 16.2. The number of carbonyl (C=O) groups is 2. The van der Waals surface area contributed by atoms with E-state index in [1.165, 1.54) is 12.4 Å². The van der Waals surface area contributed by atoms with Gasteiger partial charge in [0.15, 0.2) is 0 Å². The smallest absolute Gasteiger partial charge is 0.257 e. The second-order valence-electron chi connectivity index (χ2n) is 5.74. The van der Waals surface area contributed by atoms with Crippen LogP contribution < -0.4 is 5.32 Å². The molecule has 1 aliphatic rings. The van der Waals surface area contributed by atoms with E-state index < -0.39 is 0 Å². The second-order valence-corrected chi connectivity index (χ2v) is 5.74. The van der Waals surface area contributed by atoms with E-state index >= 15 is 0 Å². The summed E-state index contributed by atoms with van der Waals surface area (Å²) in [5.74, 6) is 0.347. The van der Waals surface area contributed by atoms with Gasteiger partial charge >= 0.3 is 0 Å². The van der Waals surface area contributed by atoms with Crippen LogP contribution in [-0.2, 0) is 4.79 Å². The fourth-order valence-electron chi connectivity index (χ4n) is 2.69. The number of aromatic nitrogens is 2. The van der Waals surface area contributed by atoms with Gasteiger partial charge in [-0.2, -0.15) is 0 Å². The summed E-state index contributed by atoms with van der Waals surface area (Å²) in [7, 11) is 1.79. The Labute approximate surface area is 137 Å². The first-order valence-electron chi connectivity index (χ1n) is 8.20. The summed E-state index contributed by atoms with van der Waals surface area (Å²) >= 11 is 0. The number of rotatable bonds is 6.